The van der Waals surface area contributed by atoms with Gasteiger partial charge in [-0.3, -0.25) is 0 Å². The normalized spacial score (nSPS) is 14.1. The highest BCUT2D eigenvalue weighted by Crippen LogP contribution is 2.32. The minimum Gasteiger partial charge on any atom is -0.309 e. The van der Waals surface area contributed by atoms with Crippen LogP contribution < -0.4 is 5.32 Å². The number of nitrogens with one attached hydrogen (secondary N) is 1. The molecule has 0 saturated heterocycles. The second-order valence-corrected chi connectivity index (χ2v) is 6.74. The summed E-state index contributed by atoms with van der Waals surface area (Å²) < 4.78 is 38.0. The molecule has 1 nitrogen and oxygen atoms in total. The molecular formula is C9H10Br2F3NS. The molecule has 0 fully saturated rings. The fourth-order valence-electron chi connectivity index (χ4n) is 1.17. The molecular weight excluding hydrogens is 371 g/mol. The number of hydrogen-bond donors (Lipinski definition) is 1. The third kappa shape index (κ3) is 5.16. The molecule has 16 heavy (non-hydrogen) atoms. The molecule has 1 rings (SSSR count). The maximum absolute atomic E-state index is 12.0. The van der Waals surface area contributed by atoms with E-state index in [4.69, 9.17) is 0 Å². The van der Waals surface area contributed by atoms with E-state index in [1.165, 1.54) is 18.3 Å². The van der Waals surface area contributed by atoms with Gasteiger partial charge in [0.1, 0.15) is 0 Å². The third-order valence-electron chi connectivity index (χ3n) is 1.86. The Hall–Kier alpha value is 0.410. The van der Waals surface area contributed by atoms with Gasteiger partial charge in [0.05, 0.1) is 10.2 Å². The Morgan fingerprint density at radius 3 is 2.50 bits per heavy atom. The second kappa shape index (κ2) is 5.84. The standard InChI is InChI=1S/C9H10Br2F3NS/c1-5(3-9(12,13)14)15-4-6-2-7(10)8(11)16-6/h2,5,15H,3-4H2,1H3. The van der Waals surface area contributed by atoms with E-state index in [2.05, 4.69) is 37.2 Å². The molecule has 1 aromatic rings. The number of hydrogen-bond acceptors (Lipinski definition) is 2. The zero-order chi connectivity index (χ0) is 12.3. The van der Waals surface area contributed by atoms with E-state index in [-0.39, 0.29) is 0 Å². The Morgan fingerprint density at radius 1 is 1.44 bits per heavy atom. The average molecular weight is 381 g/mol. The summed E-state index contributed by atoms with van der Waals surface area (Å²) in [4.78, 5) is 0.993. The highest BCUT2D eigenvalue weighted by Gasteiger charge is 2.29. The molecule has 0 spiro atoms. The lowest BCUT2D eigenvalue weighted by Crippen LogP contribution is -2.30. The van der Waals surface area contributed by atoms with Gasteiger partial charge in [-0.05, 0) is 44.8 Å². The summed E-state index contributed by atoms with van der Waals surface area (Å²) in [5.41, 5.74) is 0. The first-order valence-electron chi connectivity index (χ1n) is 4.52. The predicted molar refractivity (Wildman–Crippen MR) is 66.7 cm³/mol. The lowest BCUT2D eigenvalue weighted by Gasteiger charge is -2.14. The van der Waals surface area contributed by atoms with Crippen molar-refractivity contribution in [3.63, 3.8) is 0 Å². The van der Waals surface area contributed by atoms with Crippen molar-refractivity contribution in [3.05, 3.63) is 19.2 Å². The smallest absolute Gasteiger partial charge is 0.309 e. The van der Waals surface area contributed by atoms with E-state index in [1.807, 2.05) is 6.07 Å². The Bertz CT molecular complexity index is 332. The van der Waals surface area contributed by atoms with Gasteiger partial charge < -0.3 is 5.32 Å². The van der Waals surface area contributed by atoms with Crippen LogP contribution in [0.25, 0.3) is 0 Å². The largest absolute Gasteiger partial charge is 0.390 e. The van der Waals surface area contributed by atoms with Crippen LogP contribution in [0.5, 0.6) is 0 Å². The highest BCUT2D eigenvalue weighted by atomic mass is 79.9. The monoisotopic (exact) mass is 379 g/mol. The van der Waals surface area contributed by atoms with E-state index >= 15 is 0 Å². The van der Waals surface area contributed by atoms with Gasteiger partial charge in [0.25, 0.3) is 0 Å². The van der Waals surface area contributed by atoms with Crippen LogP contribution in [0.15, 0.2) is 14.3 Å². The lowest BCUT2D eigenvalue weighted by atomic mass is 10.2. The predicted octanol–water partition coefficient (Wildman–Crippen LogP) is 4.70. The van der Waals surface area contributed by atoms with Crippen molar-refractivity contribution in [3.8, 4) is 0 Å². The summed E-state index contributed by atoms with van der Waals surface area (Å²) in [5, 5.41) is 2.84. The summed E-state index contributed by atoms with van der Waals surface area (Å²) in [5.74, 6) is 0. The topological polar surface area (TPSA) is 12.0 Å². The molecule has 0 bridgehead atoms. The van der Waals surface area contributed by atoms with Crippen LogP contribution in [0.3, 0.4) is 0 Å². The molecule has 92 valence electrons. The van der Waals surface area contributed by atoms with Gasteiger partial charge in [-0.25, -0.2) is 0 Å². The third-order valence-corrected chi connectivity index (χ3v) is 5.11. The first-order chi connectivity index (χ1) is 7.28. The fourth-order valence-corrected chi connectivity index (χ4v) is 3.30. The Balaban J connectivity index is 2.40. The van der Waals surface area contributed by atoms with Crippen molar-refractivity contribution in [2.24, 2.45) is 0 Å². The molecule has 0 aliphatic carbocycles. The number of alkyl halides is 3. The van der Waals surface area contributed by atoms with Gasteiger partial charge >= 0.3 is 6.18 Å². The summed E-state index contributed by atoms with van der Waals surface area (Å²) >= 11 is 8.16. The van der Waals surface area contributed by atoms with Crippen molar-refractivity contribution in [1.82, 2.24) is 5.32 Å². The highest BCUT2D eigenvalue weighted by molar-refractivity contribution is 9.13. The molecule has 0 saturated carbocycles. The van der Waals surface area contributed by atoms with Gasteiger partial charge in [-0.1, -0.05) is 0 Å². The maximum Gasteiger partial charge on any atom is 0.390 e. The Kier molecular flexibility index (Phi) is 5.28. The fraction of sp³-hybridized carbons (Fsp3) is 0.556. The average Bonchev–Trinajstić information content (AvgIpc) is 2.40. The molecule has 1 heterocycles. The van der Waals surface area contributed by atoms with Crippen molar-refractivity contribution in [2.75, 3.05) is 0 Å². The quantitative estimate of drug-likeness (QED) is 0.797. The molecule has 0 aliphatic rings. The van der Waals surface area contributed by atoms with Crippen LogP contribution in [-0.4, -0.2) is 12.2 Å². The lowest BCUT2D eigenvalue weighted by molar-refractivity contribution is -0.139. The summed E-state index contributed by atoms with van der Waals surface area (Å²) in [6.07, 6.45) is -4.91. The maximum atomic E-state index is 12.0. The Labute approximate surface area is 113 Å². The zero-order valence-corrected chi connectivity index (χ0v) is 12.4. The molecule has 1 aromatic heterocycles. The first kappa shape index (κ1) is 14.5. The van der Waals surface area contributed by atoms with Gasteiger partial charge in [0.15, 0.2) is 0 Å². The van der Waals surface area contributed by atoms with Crippen LogP contribution in [0.2, 0.25) is 0 Å². The number of halogens is 5. The second-order valence-electron chi connectivity index (χ2n) is 3.44. The van der Waals surface area contributed by atoms with Crippen LogP contribution in [0, 0.1) is 0 Å². The summed E-state index contributed by atoms with van der Waals surface area (Å²) in [7, 11) is 0. The SMILES string of the molecule is CC(CC(F)(F)F)NCc1cc(Br)c(Br)s1. The molecule has 0 aliphatic heterocycles. The molecule has 1 N–H and O–H groups in total. The van der Waals surface area contributed by atoms with Gasteiger partial charge in [0, 0.05) is 21.9 Å². The summed E-state index contributed by atoms with van der Waals surface area (Å²) in [6, 6.07) is 1.32. The number of rotatable bonds is 4. The van der Waals surface area contributed by atoms with E-state index in [0.717, 1.165) is 13.1 Å². The van der Waals surface area contributed by atoms with Gasteiger partial charge in [0.2, 0.25) is 0 Å². The minimum absolute atomic E-state index is 0.451. The molecule has 7 heteroatoms. The molecule has 0 radical (unpaired) electrons. The van der Waals surface area contributed by atoms with E-state index in [1.54, 1.807) is 0 Å². The summed E-state index contributed by atoms with van der Waals surface area (Å²) in [6.45, 7) is 1.98. The minimum atomic E-state index is -4.11. The van der Waals surface area contributed by atoms with Crippen LogP contribution in [-0.2, 0) is 6.54 Å². The van der Waals surface area contributed by atoms with Gasteiger partial charge in [-0.2, -0.15) is 13.2 Å². The molecule has 0 amide bonds. The van der Waals surface area contributed by atoms with Crippen molar-refractivity contribution < 1.29 is 13.2 Å². The molecule has 0 aromatic carbocycles. The number of thiophene rings is 1. The molecule has 1 unspecified atom stereocenters. The van der Waals surface area contributed by atoms with Gasteiger partial charge in [-0.15, -0.1) is 11.3 Å². The Morgan fingerprint density at radius 2 is 2.06 bits per heavy atom. The van der Waals surface area contributed by atoms with Crippen LogP contribution in [0.4, 0.5) is 13.2 Å². The van der Waals surface area contributed by atoms with Crippen LogP contribution >= 0.6 is 43.2 Å². The van der Waals surface area contributed by atoms with E-state index in [9.17, 15) is 13.2 Å². The van der Waals surface area contributed by atoms with Crippen molar-refractivity contribution >= 4 is 43.2 Å². The molecule has 1 atom stereocenters. The van der Waals surface area contributed by atoms with E-state index in [0.29, 0.717) is 6.54 Å². The van der Waals surface area contributed by atoms with E-state index < -0.39 is 18.6 Å². The first-order valence-corrected chi connectivity index (χ1v) is 6.92. The zero-order valence-electron chi connectivity index (χ0n) is 8.37. The van der Waals surface area contributed by atoms with Crippen molar-refractivity contribution in [2.45, 2.75) is 32.1 Å². The van der Waals surface area contributed by atoms with Crippen molar-refractivity contribution in [1.29, 1.82) is 0 Å². The van der Waals surface area contributed by atoms with Crippen LogP contribution in [0.1, 0.15) is 18.2 Å².